The topological polar surface area (TPSA) is 17.1 Å². The van der Waals surface area contributed by atoms with Gasteiger partial charge in [-0.2, -0.15) is 0 Å². The fourth-order valence-corrected chi connectivity index (χ4v) is 3.07. The summed E-state index contributed by atoms with van der Waals surface area (Å²) in [6.07, 6.45) is 11.3. The van der Waals surface area contributed by atoms with Crippen LogP contribution in [0.15, 0.2) is 0 Å². The lowest BCUT2D eigenvalue weighted by Crippen LogP contribution is -2.24. The number of hydrogen-bond acceptors (Lipinski definition) is 1. The molecule has 0 bridgehead atoms. The highest BCUT2D eigenvalue weighted by atomic mass is 16.1. The predicted octanol–water partition coefficient (Wildman–Crippen LogP) is 3.33. The van der Waals surface area contributed by atoms with Crippen LogP contribution in [-0.2, 0) is 4.79 Å². The maximum absolute atomic E-state index is 11.3. The van der Waals surface area contributed by atoms with Crippen LogP contribution in [0.1, 0.15) is 57.8 Å². The molecule has 0 saturated heterocycles. The molecule has 2 aliphatic carbocycles. The second-order valence-corrected chi connectivity index (χ2v) is 4.79. The van der Waals surface area contributed by atoms with E-state index >= 15 is 0 Å². The lowest BCUT2D eigenvalue weighted by Gasteiger charge is -2.32. The van der Waals surface area contributed by atoms with Crippen LogP contribution < -0.4 is 0 Å². The highest BCUT2D eigenvalue weighted by molar-refractivity contribution is 5.79. The van der Waals surface area contributed by atoms with E-state index in [0.29, 0.717) is 5.78 Å². The smallest absolute Gasteiger partial charge is 0.133 e. The molecule has 0 aromatic carbocycles. The molecule has 0 aromatic rings. The largest absolute Gasteiger partial charge is 0.300 e. The fraction of sp³-hybridized carbons (Fsp3) is 0.917. The molecule has 2 aliphatic rings. The Bertz CT molecular complexity index is 180. The van der Waals surface area contributed by atoms with Crippen LogP contribution in [0.25, 0.3) is 0 Å². The third kappa shape index (κ3) is 2.32. The minimum absolute atomic E-state index is 0.529. The van der Waals surface area contributed by atoms with Crippen molar-refractivity contribution in [3.8, 4) is 0 Å². The molecular formula is C12H20O. The summed E-state index contributed by atoms with van der Waals surface area (Å²) in [6, 6.07) is 0. The number of carbonyl (C=O) groups is 1. The van der Waals surface area contributed by atoms with Crippen molar-refractivity contribution in [2.24, 2.45) is 11.8 Å². The standard InChI is InChI=1S/C12H20O/c13-12-8-4-7-11(9-12)10-5-2-1-3-6-10/h10-11H,1-9H2/t11-/m1/s1. The summed E-state index contributed by atoms with van der Waals surface area (Å²) < 4.78 is 0. The van der Waals surface area contributed by atoms with Crippen LogP contribution in [0, 0.1) is 11.8 Å². The van der Waals surface area contributed by atoms with Gasteiger partial charge in [-0.25, -0.2) is 0 Å². The van der Waals surface area contributed by atoms with Crippen molar-refractivity contribution in [3.05, 3.63) is 0 Å². The second kappa shape index (κ2) is 4.26. The maximum atomic E-state index is 11.3. The van der Waals surface area contributed by atoms with Gasteiger partial charge in [-0.05, 0) is 24.7 Å². The lowest BCUT2D eigenvalue weighted by atomic mass is 9.73. The molecule has 2 fully saturated rings. The highest BCUT2D eigenvalue weighted by Gasteiger charge is 2.27. The quantitative estimate of drug-likeness (QED) is 0.605. The summed E-state index contributed by atoms with van der Waals surface area (Å²) in [6.45, 7) is 0. The van der Waals surface area contributed by atoms with Gasteiger partial charge in [0.2, 0.25) is 0 Å². The van der Waals surface area contributed by atoms with Gasteiger partial charge < -0.3 is 0 Å². The Morgan fingerprint density at radius 1 is 0.846 bits per heavy atom. The summed E-state index contributed by atoms with van der Waals surface area (Å²) in [4.78, 5) is 11.3. The molecule has 1 nitrogen and oxygen atoms in total. The van der Waals surface area contributed by atoms with E-state index in [-0.39, 0.29) is 0 Å². The molecule has 1 heteroatoms. The molecule has 13 heavy (non-hydrogen) atoms. The van der Waals surface area contributed by atoms with E-state index in [1.165, 1.54) is 44.9 Å². The average Bonchev–Trinajstić information content (AvgIpc) is 2.19. The summed E-state index contributed by atoms with van der Waals surface area (Å²) in [5, 5.41) is 0. The Balaban J connectivity index is 1.87. The minimum Gasteiger partial charge on any atom is -0.300 e. The molecule has 1 atom stereocenters. The van der Waals surface area contributed by atoms with Gasteiger partial charge in [-0.15, -0.1) is 0 Å². The van der Waals surface area contributed by atoms with Crippen LogP contribution in [0.4, 0.5) is 0 Å². The van der Waals surface area contributed by atoms with Crippen molar-refractivity contribution in [2.45, 2.75) is 57.8 Å². The van der Waals surface area contributed by atoms with Gasteiger partial charge in [0.25, 0.3) is 0 Å². The molecule has 0 unspecified atom stereocenters. The zero-order valence-corrected chi connectivity index (χ0v) is 8.43. The van der Waals surface area contributed by atoms with Crippen LogP contribution >= 0.6 is 0 Å². The van der Waals surface area contributed by atoms with E-state index in [4.69, 9.17) is 0 Å². The molecule has 0 aliphatic heterocycles. The van der Waals surface area contributed by atoms with Crippen LogP contribution in [0.5, 0.6) is 0 Å². The van der Waals surface area contributed by atoms with Crippen molar-refractivity contribution in [2.75, 3.05) is 0 Å². The van der Waals surface area contributed by atoms with E-state index in [9.17, 15) is 4.79 Å². The third-order valence-corrected chi connectivity index (χ3v) is 3.84. The summed E-state index contributed by atoms with van der Waals surface area (Å²) in [7, 11) is 0. The van der Waals surface area contributed by atoms with Gasteiger partial charge in [-0.1, -0.05) is 32.1 Å². The number of hydrogen-bond donors (Lipinski definition) is 0. The van der Waals surface area contributed by atoms with Gasteiger partial charge in [0.15, 0.2) is 0 Å². The van der Waals surface area contributed by atoms with E-state index in [2.05, 4.69) is 0 Å². The van der Waals surface area contributed by atoms with E-state index < -0.39 is 0 Å². The van der Waals surface area contributed by atoms with E-state index in [1.54, 1.807) is 0 Å². The zero-order valence-electron chi connectivity index (χ0n) is 8.43. The molecule has 74 valence electrons. The van der Waals surface area contributed by atoms with Gasteiger partial charge in [0, 0.05) is 12.8 Å². The van der Waals surface area contributed by atoms with Gasteiger partial charge >= 0.3 is 0 Å². The Kier molecular flexibility index (Phi) is 3.02. The van der Waals surface area contributed by atoms with Crippen molar-refractivity contribution in [1.29, 1.82) is 0 Å². The van der Waals surface area contributed by atoms with Crippen molar-refractivity contribution in [3.63, 3.8) is 0 Å². The molecule has 0 radical (unpaired) electrons. The normalized spacial score (nSPS) is 32.0. The first kappa shape index (κ1) is 9.23. The van der Waals surface area contributed by atoms with Crippen LogP contribution in [-0.4, -0.2) is 5.78 Å². The molecule has 0 heterocycles. The average molecular weight is 180 g/mol. The molecule has 0 spiro atoms. The monoisotopic (exact) mass is 180 g/mol. The first-order chi connectivity index (χ1) is 6.36. The maximum Gasteiger partial charge on any atom is 0.133 e. The predicted molar refractivity (Wildman–Crippen MR) is 53.5 cm³/mol. The third-order valence-electron chi connectivity index (χ3n) is 3.84. The van der Waals surface area contributed by atoms with Gasteiger partial charge in [0.05, 0.1) is 0 Å². The number of Topliss-reactive ketones (excluding diaryl/α,β-unsaturated/α-hetero) is 1. The summed E-state index contributed by atoms with van der Waals surface area (Å²) in [5.41, 5.74) is 0. The van der Waals surface area contributed by atoms with E-state index in [1.807, 2.05) is 0 Å². The highest BCUT2D eigenvalue weighted by Crippen LogP contribution is 2.36. The zero-order chi connectivity index (χ0) is 9.10. The SMILES string of the molecule is O=C1CCC[C@@H](C2CCCCC2)C1. The number of carbonyl (C=O) groups excluding carboxylic acids is 1. The fourth-order valence-electron chi connectivity index (χ4n) is 3.07. The van der Waals surface area contributed by atoms with Gasteiger partial charge in [-0.3, -0.25) is 4.79 Å². The number of ketones is 1. The molecular weight excluding hydrogens is 160 g/mol. The summed E-state index contributed by atoms with van der Waals surface area (Å²) >= 11 is 0. The molecule has 0 amide bonds. The van der Waals surface area contributed by atoms with Crippen LogP contribution in [0.3, 0.4) is 0 Å². The minimum atomic E-state index is 0.529. The summed E-state index contributed by atoms with van der Waals surface area (Å²) in [5.74, 6) is 2.20. The Labute approximate surface area is 80.9 Å². The lowest BCUT2D eigenvalue weighted by molar-refractivity contribution is -0.122. The number of rotatable bonds is 1. The van der Waals surface area contributed by atoms with Crippen molar-refractivity contribution >= 4 is 5.78 Å². The Morgan fingerprint density at radius 2 is 1.54 bits per heavy atom. The molecule has 2 rings (SSSR count). The first-order valence-electron chi connectivity index (χ1n) is 5.88. The van der Waals surface area contributed by atoms with E-state index in [0.717, 1.165) is 24.7 Å². The second-order valence-electron chi connectivity index (χ2n) is 4.79. The van der Waals surface area contributed by atoms with Crippen molar-refractivity contribution in [1.82, 2.24) is 0 Å². The Morgan fingerprint density at radius 3 is 2.23 bits per heavy atom. The molecule has 2 saturated carbocycles. The first-order valence-corrected chi connectivity index (χ1v) is 5.88. The van der Waals surface area contributed by atoms with Crippen LogP contribution in [0.2, 0.25) is 0 Å². The van der Waals surface area contributed by atoms with Gasteiger partial charge in [0.1, 0.15) is 5.78 Å². The van der Waals surface area contributed by atoms with Crippen molar-refractivity contribution < 1.29 is 4.79 Å². The Hall–Kier alpha value is -0.330. The molecule has 0 N–H and O–H groups in total. The molecule has 0 aromatic heterocycles.